The quantitative estimate of drug-likeness (QED) is 0.827. The molecule has 2 aliphatic rings. The lowest BCUT2D eigenvalue weighted by molar-refractivity contribution is -0.149. The molecule has 3 rings (SSSR count). The molecule has 6 heteroatoms. The number of nitrogens with zero attached hydrogens (tertiary/aromatic N) is 1. The van der Waals surface area contributed by atoms with E-state index in [-0.39, 0.29) is 24.0 Å². The molecule has 2 amide bonds. The van der Waals surface area contributed by atoms with Crippen LogP contribution in [0, 0.1) is 11.8 Å². The van der Waals surface area contributed by atoms with E-state index in [1.54, 1.807) is 6.26 Å². The van der Waals surface area contributed by atoms with Crippen molar-refractivity contribution in [2.75, 3.05) is 19.7 Å². The summed E-state index contributed by atoms with van der Waals surface area (Å²) < 4.78 is 10.6. The van der Waals surface area contributed by atoms with Crippen molar-refractivity contribution < 1.29 is 18.7 Å². The number of carbonyl (C=O) groups is 2. The normalized spacial score (nSPS) is 26.4. The summed E-state index contributed by atoms with van der Waals surface area (Å²) in [5.41, 5.74) is 0. The summed E-state index contributed by atoms with van der Waals surface area (Å²) in [5.74, 6) is 1.28. The Hall–Kier alpha value is -1.98. The first-order valence-electron chi connectivity index (χ1n) is 9.43. The van der Waals surface area contributed by atoms with Gasteiger partial charge in [-0.05, 0) is 63.5 Å². The third-order valence-electron chi connectivity index (χ3n) is 5.39. The largest absolute Gasteiger partial charge is 0.467 e. The van der Waals surface area contributed by atoms with Crippen LogP contribution in [0.4, 0.5) is 4.79 Å². The predicted octanol–water partition coefficient (Wildman–Crippen LogP) is 3.50. The molecule has 1 aliphatic carbocycles. The highest BCUT2D eigenvalue weighted by molar-refractivity contribution is 5.75. The van der Waals surface area contributed by atoms with Crippen LogP contribution in [0.2, 0.25) is 0 Å². The SMILES string of the molecule is CCOC(=O)C1CCC(CNC(=O)N2CCC[C@H]2c2ccco2)CC1. The van der Waals surface area contributed by atoms with Crippen molar-refractivity contribution in [3.8, 4) is 0 Å². The van der Waals surface area contributed by atoms with Crippen LogP contribution in [0.15, 0.2) is 22.8 Å². The van der Waals surface area contributed by atoms with Gasteiger partial charge in [-0.1, -0.05) is 0 Å². The van der Waals surface area contributed by atoms with E-state index in [9.17, 15) is 9.59 Å². The van der Waals surface area contributed by atoms with E-state index in [1.807, 2.05) is 24.0 Å². The molecular weight excluding hydrogens is 320 g/mol. The molecule has 1 saturated heterocycles. The van der Waals surface area contributed by atoms with Crippen molar-refractivity contribution in [3.63, 3.8) is 0 Å². The van der Waals surface area contributed by atoms with Crippen LogP contribution in [-0.4, -0.2) is 36.6 Å². The summed E-state index contributed by atoms with van der Waals surface area (Å²) in [6.07, 6.45) is 7.26. The number of nitrogens with one attached hydrogen (secondary N) is 1. The average molecular weight is 348 g/mol. The van der Waals surface area contributed by atoms with Gasteiger partial charge in [-0.15, -0.1) is 0 Å². The second-order valence-electron chi connectivity index (χ2n) is 7.02. The molecule has 0 bridgehead atoms. The molecule has 2 fully saturated rings. The van der Waals surface area contributed by atoms with Crippen LogP contribution < -0.4 is 5.32 Å². The number of hydrogen-bond donors (Lipinski definition) is 1. The van der Waals surface area contributed by atoms with Crippen molar-refractivity contribution >= 4 is 12.0 Å². The van der Waals surface area contributed by atoms with Crippen LogP contribution in [-0.2, 0) is 9.53 Å². The molecule has 1 aromatic rings. The van der Waals surface area contributed by atoms with Gasteiger partial charge in [0.1, 0.15) is 5.76 Å². The maximum atomic E-state index is 12.6. The first-order chi connectivity index (χ1) is 12.2. The van der Waals surface area contributed by atoms with Gasteiger partial charge in [-0.25, -0.2) is 4.79 Å². The van der Waals surface area contributed by atoms with Gasteiger partial charge >= 0.3 is 12.0 Å². The van der Waals surface area contributed by atoms with Gasteiger partial charge in [0.05, 0.1) is 24.8 Å². The maximum absolute atomic E-state index is 12.6. The molecule has 138 valence electrons. The van der Waals surface area contributed by atoms with E-state index in [4.69, 9.17) is 9.15 Å². The molecule has 1 N–H and O–H groups in total. The van der Waals surface area contributed by atoms with Crippen LogP contribution in [0.25, 0.3) is 0 Å². The summed E-state index contributed by atoms with van der Waals surface area (Å²) in [6, 6.07) is 3.85. The topological polar surface area (TPSA) is 71.8 Å². The fourth-order valence-corrected chi connectivity index (χ4v) is 3.98. The standard InChI is InChI=1S/C19H28N2O4/c1-2-24-18(22)15-9-7-14(8-10-15)13-20-19(23)21-11-3-5-16(21)17-6-4-12-25-17/h4,6,12,14-16H,2-3,5,7-11,13H2,1H3,(H,20,23)/t14?,15?,16-/m0/s1. The zero-order chi connectivity index (χ0) is 17.6. The number of hydrogen-bond acceptors (Lipinski definition) is 4. The molecule has 0 spiro atoms. The van der Waals surface area contributed by atoms with Gasteiger partial charge in [0.25, 0.3) is 0 Å². The second-order valence-corrected chi connectivity index (χ2v) is 7.02. The van der Waals surface area contributed by atoms with Crippen LogP contribution in [0.5, 0.6) is 0 Å². The summed E-state index contributed by atoms with van der Waals surface area (Å²) in [7, 11) is 0. The van der Waals surface area contributed by atoms with E-state index in [1.165, 1.54) is 0 Å². The summed E-state index contributed by atoms with van der Waals surface area (Å²) in [6.45, 7) is 3.73. The molecule has 0 aromatic carbocycles. The predicted molar refractivity (Wildman–Crippen MR) is 92.9 cm³/mol. The van der Waals surface area contributed by atoms with E-state index in [0.717, 1.165) is 50.8 Å². The van der Waals surface area contributed by atoms with Gasteiger partial charge in [0, 0.05) is 13.1 Å². The van der Waals surface area contributed by atoms with Gasteiger partial charge in [0.2, 0.25) is 0 Å². The first-order valence-corrected chi connectivity index (χ1v) is 9.43. The first kappa shape index (κ1) is 17.8. The Morgan fingerprint density at radius 2 is 2.08 bits per heavy atom. The van der Waals surface area contributed by atoms with Crippen molar-refractivity contribution in [2.24, 2.45) is 11.8 Å². The Morgan fingerprint density at radius 1 is 1.28 bits per heavy atom. The molecule has 1 saturated carbocycles. The Labute approximate surface area is 148 Å². The number of rotatable bonds is 5. The Kier molecular flexibility index (Phi) is 6.00. The molecule has 2 heterocycles. The number of amides is 2. The van der Waals surface area contributed by atoms with E-state index >= 15 is 0 Å². The van der Waals surface area contributed by atoms with Crippen molar-refractivity contribution in [2.45, 2.75) is 51.5 Å². The molecule has 0 radical (unpaired) electrons. The third-order valence-corrected chi connectivity index (χ3v) is 5.39. The van der Waals surface area contributed by atoms with Crippen LogP contribution >= 0.6 is 0 Å². The lowest BCUT2D eigenvalue weighted by atomic mass is 9.82. The number of likely N-dealkylation sites (tertiary alicyclic amines) is 1. The Bertz CT molecular complexity index is 564. The number of urea groups is 1. The van der Waals surface area contributed by atoms with Crippen molar-refractivity contribution in [1.29, 1.82) is 0 Å². The van der Waals surface area contributed by atoms with Crippen molar-refractivity contribution in [3.05, 3.63) is 24.2 Å². The number of ether oxygens (including phenoxy) is 1. The summed E-state index contributed by atoms with van der Waals surface area (Å²) >= 11 is 0. The summed E-state index contributed by atoms with van der Waals surface area (Å²) in [5, 5.41) is 3.08. The zero-order valence-electron chi connectivity index (χ0n) is 14.9. The van der Waals surface area contributed by atoms with E-state index in [0.29, 0.717) is 19.1 Å². The van der Waals surface area contributed by atoms with Gasteiger partial charge in [0.15, 0.2) is 0 Å². The minimum Gasteiger partial charge on any atom is -0.467 e. The number of esters is 1. The molecule has 1 atom stereocenters. The molecular formula is C19H28N2O4. The molecule has 6 nitrogen and oxygen atoms in total. The van der Waals surface area contributed by atoms with E-state index < -0.39 is 0 Å². The molecule has 1 aliphatic heterocycles. The average Bonchev–Trinajstić information content (AvgIpc) is 3.31. The monoisotopic (exact) mass is 348 g/mol. The minimum absolute atomic E-state index is 0.00795. The Morgan fingerprint density at radius 3 is 2.76 bits per heavy atom. The van der Waals surface area contributed by atoms with Crippen LogP contribution in [0.3, 0.4) is 0 Å². The highest BCUT2D eigenvalue weighted by Crippen LogP contribution is 2.32. The molecule has 25 heavy (non-hydrogen) atoms. The Balaban J connectivity index is 1.43. The fraction of sp³-hybridized carbons (Fsp3) is 0.684. The smallest absolute Gasteiger partial charge is 0.318 e. The van der Waals surface area contributed by atoms with Gasteiger partial charge in [-0.2, -0.15) is 0 Å². The highest BCUT2D eigenvalue weighted by Gasteiger charge is 2.32. The minimum atomic E-state index is -0.0664. The molecule has 0 unspecified atom stereocenters. The molecule has 1 aromatic heterocycles. The van der Waals surface area contributed by atoms with Gasteiger partial charge in [-0.3, -0.25) is 4.79 Å². The van der Waals surface area contributed by atoms with Crippen LogP contribution in [0.1, 0.15) is 57.3 Å². The zero-order valence-corrected chi connectivity index (χ0v) is 14.9. The lowest BCUT2D eigenvalue weighted by Gasteiger charge is -2.29. The maximum Gasteiger partial charge on any atom is 0.318 e. The van der Waals surface area contributed by atoms with E-state index in [2.05, 4.69) is 5.32 Å². The van der Waals surface area contributed by atoms with Gasteiger partial charge < -0.3 is 19.4 Å². The number of furan rings is 1. The lowest BCUT2D eigenvalue weighted by Crippen LogP contribution is -2.42. The third kappa shape index (κ3) is 4.35. The highest BCUT2D eigenvalue weighted by atomic mass is 16.5. The summed E-state index contributed by atoms with van der Waals surface area (Å²) in [4.78, 5) is 26.2. The second kappa shape index (κ2) is 8.41. The fourth-order valence-electron chi connectivity index (χ4n) is 3.98. The van der Waals surface area contributed by atoms with Crippen molar-refractivity contribution in [1.82, 2.24) is 10.2 Å². The number of carbonyl (C=O) groups excluding carboxylic acids is 2.